The van der Waals surface area contributed by atoms with E-state index in [0.717, 1.165) is 0 Å². The van der Waals surface area contributed by atoms with Crippen LogP contribution >= 0.6 is 11.6 Å². The summed E-state index contributed by atoms with van der Waals surface area (Å²) < 4.78 is 6.05. The molecule has 6 N–H and O–H groups in total. The van der Waals surface area contributed by atoms with E-state index < -0.39 is 42.6 Å². The molecule has 2 unspecified atom stereocenters. The number of hydrogen-bond donors (Lipinski definition) is 6. The second kappa shape index (κ2) is 12.8. The number of nitrogens with one attached hydrogen (secondary N) is 4. The molecule has 43 heavy (non-hydrogen) atoms. The van der Waals surface area contributed by atoms with Crippen LogP contribution in [0.4, 0.5) is 16.2 Å². The predicted octanol–water partition coefficient (Wildman–Crippen LogP) is 2.21. The Morgan fingerprint density at radius 3 is 2.79 bits per heavy atom. The Morgan fingerprint density at radius 2 is 2.02 bits per heavy atom. The van der Waals surface area contributed by atoms with Crippen LogP contribution in [0.3, 0.4) is 0 Å². The molecular weight excluding hydrogens is 582 g/mol. The van der Waals surface area contributed by atoms with Crippen molar-refractivity contribution >= 4 is 47.0 Å². The molecule has 0 saturated carbocycles. The molecule has 3 heterocycles. The topological polar surface area (TPSA) is 209 Å². The van der Waals surface area contributed by atoms with E-state index in [1.165, 1.54) is 42.5 Å². The van der Waals surface area contributed by atoms with Crippen LogP contribution in [0.5, 0.6) is 0 Å². The highest BCUT2D eigenvalue weighted by Gasteiger charge is 2.28. The number of tetrazole rings is 1. The number of amides is 3. The Hall–Kier alpha value is -5.12. The molecule has 2 bridgehead atoms. The zero-order chi connectivity index (χ0) is 30.5. The number of carbonyl (C=O) groups excluding carboxylic acids is 3. The summed E-state index contributed by atoms with van der Waals surface area (Å²) in [5.41, 5.74) is 2.82. The maximum Gasteiger partial charge on any atom is 0.411 e. The molecule has 0 radical (unpaired) electrons. The first-order chi connectivity index (χ1) is 20.7. The Balaban J connectivity index is 1.43. The van der Waals surface area contributed by atoms with E-state index in [4.69, 9.17) is 11.6 Å². The van der Waals surface area contributed by atoms with Gasteiger partial charge in [-0.25, -0.2) is 9.78 Å². The fourth-order valence-electron chi connectivity index (χ4n) is 4.47. The summed E-state index contributed by atoms with van der Waals surface area (Å²) in [6.07, 6.45) is 1.61. The number of hydrogen-bond acceptors (Lipinski definition) is 10. The molecule has 15 nitrogen and oxygen atoms in total. The number of carbonyl (C=O) groups is 3. The number of aromatic nitrogens is 6. The maximum absolute atomic E-state index is 13.1. The minimum Gasteiger partial charge on any atom is -0.453 e. The largest absolute Gasteiger partial charge is 0.453 e. The maximum atomic E-state index is 13.1. The fraction of sp³-hybridized carbons (Fsp3) is 0.222. The van der Waals surface area contributed by atoms with Crippen LogP contribution in [0.25, 0.3) is 23.0 Å². The summed E-state index contributed by atoms with van der Waals surface area (Å²) in [5.74, 6) is -0.808. The third-order valence-electron chi connectivity index (χ3n) is 6.57. The number of ether oxygens (including phenoxy) is 1. The van der Waals surface area contributed by atoms with Crippen molar-refractivity contribution in [3.63, 3.8) is 0 Å². The molecular formula is C27H26ClN9O6. The number of aliphatic hydroxyl groups excluding tert-OH is 2. The monoisotopic (exact) mass is 607 g/mol. The Kier molecular flexibility index (Phi) is 8.75. The van der Waals surface area contributed by atoms with E-state index >= 15 is 0 Å². The molecule has 0 spiro atoms. The average molecular weight is 608 g/mol. The molecule has 2 aromatic carbocycles. The quantitative estimate of drug-likeness (QED) is 0.182. The highest BCUT2D eigenvalue weighted by atomic mass is 35.5. The van der Waals surface area contributed by atoms with Gasteiger partial charge in [-0.2, -0.15) is 4.68 Å². The minimum atomic E-state index is -1.45. The summed E-state index contributed by atoms with van der Waals surface area (Å²) in [6.45, 7) is 0. The molecule has 2 aromatic heterocycles. The number of anilines is 2. The number of H-pyrrole nitrogens is 1. The molecule has 1 aliphatic rings. The van der Waals surface area contributed by atoms with Gasteiger partial charge in [-0.1, -0.05) is 11.6 Å². The van der Waals surface area contributed by atoms with Crippen LogP contribution in [0, 0.1) is 0 Å². The van der Waals surface area contributed by atoms with Crippen LogP contribution in [0.2, 0.25) is 5.02 Å². The summed E-state index contributed by atoms with van der Waals surface area (Å²) in [6, 6.07) is 8.91. The first-order valence-corrected chi connectivity index (χ1v) is 13.3. The molecule has 16 heteroatoms. The number of rotatable bonds is 5. The van der Waals surface area contributed by atoms with Crippen LogP contribution < -0.4 is 16.0 Å². The Morgan fingerprint density at radius 1 is 1.19 bits per heavy atom. The van der Waals surface area contributed by atoms with E-state index in [0.29, 0.717) is 44.7 Å². The smallest absolute Gasteiger partial charge is 0.411 e. The number of aromatic amines is 1. The fourth-order valence-corrected chi connectivity index (χ4v) is 4.65. The van der Waals surface area contributed by atoms with Gasteiger partial charge >= 0.3 is 6.09 Å². The van der Waals surface area contributed by atoms with Crippen molar-refractivity contribution < 1.29 is 29.3 Å². The SMILES string of the molecule is COC(=O)Nc1ccc2c(c1)NC(=O)C[C@H](O)C(O)CC(NC(=O)C=Cc1cc(Cl)ccc1-n1cnnn1)c1ncc-2[nH]1. The molecule has 0 fully saturated rings. The molecule has 3 amide bonds. The van der Waals surface area contributed by atoms with Crippen molar-refractivity contribution in [2.45, 2.75) is 31.1 Å². The van der Waals surface area contributed by atoms with Gasteiger partial charge in [0.2, 0.25) is 11.8 Å². The van der Waals surface area contributed by atoms with Gasteiger partial charge < -0.3 is 30.6 Å². The number of halogens is 1. The van der Waals surface area contributed by atoms with E-state index in [2.05, 4.69) is 46.2 Å². The van der Waals surface area contributed by atoms with Crippen LogP contribution in [0.15, 0.2) is 55.0 Å². The number of methoxy groups -OCH3 is 1. The van der Waals surface area contributed by atoms with Crippen molar-refractivity contribution in [2.75, 3.05) is 17.7 Å². The van der Waals surface area contributed by atoms with Crippen LogP contribution in [-0.4, -0.2) is 77.6 Å². The molecule has 3 atom stereocenters. The number of imidazole rings is 1. The zero-order valence-corrected chi connectivity index (χ0v) is 23.3. The molecule has 0 aliphatic carbocycles. The number of aliphatic hydroxyl groups is 2. The van der Waals surface area contributed by atoms with E-state index in [1.807, 2.05) is 0 Å². The standard InChI is InChI=1S/C27H26ClN9O6/c1-43-27(42)31-16-4-5-17-18(9-16)32-25(41)11-23(39)22(38)10-19(26-29-12-20(17)34-26)33-24(40)7-2-14-8-15(28)3-6-21(14)37-13-30-35-36-37/h2-9,12-13,19,22-23,38-39H,10-11H2,1H3,(H,29,34)(H,31,42)(H,32,41)(H,33,40)/t19?,22?,23-/m0/s1. The second-order valence-electron chi connectivity index (χ2n) is 9.53. The third-order valence-corrected chi connectivity index (χ3v) is 6.81. The second-order valence-corrected chi connectivity index (χ2v) is 9.97. The lowest BCUT2D eigenvalue weighted by Crippen LogP contribution is -2.36. The van der Waals surface area contributed by atoms with E-state index in [9.17, 15) is 24.6 Å². The van der Waals surface area contributed by atoms with Crippen molar-refractivity contribution in [1.29, 1.82) is 0 Å². The predicted molar refractivity (Wildman–Crippen MR) is 154 cm³/mol. The lowest BCUT2D eigenvalue weighted by atomic mass is 10.0. The first kappa shape index (κ1) is 29.4. The van der Waals surface area contributed by atoms with Gasteiger partial charge in [0.1, 0.15) is 12.2 Å². The minimum absolute atomic E-state index is 0.150. The highest BCUT2D eigenvalue weighted by molar-refractivity contribution is 6.30. The van der Waals surface area contributed by atoms with Gasteiger partial charge in [-0.15, -0.1) is 5.10 Å². The summed E-state index contributed by atoms with van der Waals surface area (Å²) in [7, 11) is 1.22. The first-order valence-electron chi connectivity index (χ1n) is 12.9. The van der Waals surface area contributed by atoms with Crippen LogP contribution in [0.1, 0.15) is 30.3 Å². The van der Waals surface area contributed by atoms with Gasteiger partial charge in [0, 0.05) is 34.3 Å². The number of nitrogens with zero attached hydrogens (tertiary/aromatic N) is 5. The Bertz CT molecular complexity index is 1670. The molecule has 1 aliphatic heterocycles. The van der Waals surface area contributed by atoms with Crippen molar-refractivity contribution in [3.8, 4) is 16.9 Å². The number of benzene rings is 2. The molecule has 5 rings (SSSR count). The molecule has 0 saturated heterocycles. The van der Waals surface area contributed by atoms with Crippen molar-refractivity contribution in [3.05, 3.63) is 71.4 Å². The molecule has 222 valence electrons. The zero-order valence-electron chi connectivity index (χ0n) is 22.6. The van der Waals surface area contributed by atoms with Crippen LogP contribution in [-0.2, 0) is 14.3 Å². The molecule has 4 aromatic rings. The van der Waals surface area contributed by atoms with Gasteiger partial charge in [0.05, 0.1) is 55.0 Å². The van der Waals surface area contributed by atoms with Gasteiger partial charge in [0.15, 0.2) is 0 Å². The third kappa shape index (κ3) is 7.03. The summed E-state index contributed by atoms with van der Waals surface area (Å²) >= 11 is 6.16. The lowest BCUT2D eigenvalue weighted by molar-refractivity contribution is -0.121. The van der Waals surface area contributed by atoms with E-state index in [1.54, 1.807) is 30.3 Å². The average Bonchev–Trinajstić information content (AvgIpc) is 3.68. The van der Waals surface area contributed by atoms with Gasteiger partial charge in [-0.05, 0) is 52.9 Å². The summed E-state index contributed by atoms with van der Waals surface area (Å²) in [4.78, 5) is 45.1. The Labute approximate surface area is 248 Å². The lowest BCUT2D eigenvalue weighted by Gasteiger charge is -2.24. The normalized spacial score (nSPS) is 18.6. The number of fused-ring (bicyclic) bond motifs is 4. The van der Waals surface area contributed by atoms with Crippen molar-refractivity contribution in [2.24, 2.45) is 0 Å². The highest BCUT2D eigenvalue weighted by Crippen LogP contribution is 2.32. The van der Waals surface area contributed by atoms with Crippen molar-refractivity contribution in [1.82, 2.24) is 35.5 Å². The van der Waals surface area contributed by atoms with E-state index in [-0.39, 0.29) is 6.42 Å². The van der Waals surface area contributed by atoms with Gasteiger partial charge in [0.25, 0.3) is 0 Å². The van der Waals surface area contributed by atoms with Gasteiger partial charge in [-0.3, -0.25) is 14.9 Å². The summed E-state index contributed by atoms with van der Waals surface area (Å²) in [5, 5.41) is 40.9.